The molecule has 0 amide bonds. The first-order valence-corrected chi connectivity index (χ1v) is 6.04. The van der Waals surface area contributed by atoms with Crippen molar-refractivity contribution in [2.24, 2.45) is 0 Å². The Kier molecular flexibility index (Phi) is 15.6. The van der Waals surface area contributed by atoms with Gasteiger partial charge >= 0.3 is 11.9 Å². The first-order valence-electron chi connectivity index (χ1n) is 4.46. The second-order valence-electron chi connectivity index (χ2n) is 2.78. The Bertz CT molecular complexity index is 334. The van der Waals surface area contributed by atoms with Crippen molar-refractivity contribution in [1.82, 2.24) is 0 Å². The molecule has 19 heavy (non-hydrogen) atoms. The molecule has 0 bridgehead atoms. The average Bonchev–Trinajstić information content (AvgIpc) is 2.35. The number of hydrogen-bond donors (Lipinski definition) is 2. The maximum absolute atomic E-state index is 10.5. The van der Waals surface area contributed by atoms with Crippen molar-refractivity contribution < 1.29 is 46.3 Å². The van der Waals surface area contributed by atoms with Gasteiger partial charge in [-0.25, -0.2) is 9.59 Å². The number of methoxy groups -OCH3 is 2. The predicted molar refractivity (Wildman–Crippen MR) is 72.5 cm³/mol. The molecule has 0 aliphatic rings. The average molecular weight is 454 g/mol. The molecule has 0 unspecified atom stereocenters. The second-order valence-corrected chi connectivity index (χ2v) is 4.37. The van der Waals surface area contributed by atoms with Gasteiger partial charge in [0.05, 0.1) is 14.2 Å². The van der Waals surface area contributed by atoms with Crippen LogP contribution in [0.25, 0.3) is 0 Å². The number of aliphatic hydroxyl groups excluding tert-OH is 2. The van der Waals surface area contributed by atoms with Crippen molar-refractivity contribution in [2.75, 3.05) is 14.2 Å². The molecule has 0 saturated carbocycles. The van der Waals surface area contributed by atoms with Gasteiger partial charge in [0.2, 0.25) is 0 Å². The van der Waals surface area contributed by atoms with E-state index in [0.717, 1.165) is 0 Å². The Morgan fingerprint density at radius 2 is 1.05 bits per heavy atom. The van der Waals surface area contributed by atoms with Gasteiger partial charge in [0.15, 0.2) is 0 Å². The second kappa shape index (κ2) is 12.5. The molecule has 0 saturated heterocycles. The summed E-state index contributed by atoms with van der Waals surface area (Å²) in [5, 5.41) is 17.3. The van der Waals surface area contributed by atoms with E-state index in [0.29, 0.717) is 0 Å². The van der Waals surface area contributed by atoms with Crippen LogP contribution in [-0.4, -0.2) is 36.4 Å². The van der Waals surface area contributed by atoms with Crippen LogP contribution in [-0.2, 0) is 36.1 Å². The first kappa shape index (κ1) is 23.6. The van der Waals surface area contributed by atoms with Crippen molar-refractivity contribution in [3.05, 3.63) is 20.5 Å². The minimum atomic E-state index is -0.574. The van der Waals surface area contributed by atoms with Gasteiger partial charge in [-0.05, 0) is 45.7 Å². The molecule has 0 aliphatic heterocycles. The van der Waals surface area contributed by atoms with Crippen molar-refractivity contribution in [3.63, 3.8) is 0 Å². The van der Waals surface area contributed by atoms with E-state index in [-0.39, 0.29) is 37.6 Å². The summed E-state index contributed by atoms with van der Waals surface area (Å²) in [6.07, 6.45) is 0. The van der Waals surface area contributed by atoms with Gasteiger partial charge in [0, 0.05) is 17.1 Å². The Morgan fingerprint density at radius 1 is 0.842 bits per heavy atom. The summed E-state index contributed by atoms with van der Waals surface area (Å²) in [5.41, 5.74) is 0. The van der Waals surface area contributed by atoms with Crippen molar-refractivity contribution >= 4 is 43.8 Å². The maximum Gasteiger partial charge on any atom is 0.348 e. The summed E-state index contributed by atoms with van der Waals surface area (Å²) < 4.78 is 8.66. The Labute approximate surface area is 138 Å². The van der Waals surface area contributed by atoms with E-state index in [1.54, 1.807) is 0 Å². The summed E-state index contributed by atoms with van der Waals surface area (Å²) >= 11 is 5.65. The van der Waals surface area contributed by atoms with Crippen LogP contribution in [0.15, 0.2) is 20.5 Å². The van der Waals surface area contributed by atoms with Gasteiger partial charge in [0.25, 0.3) is 0 Å². The Morgan fingerprint density at radius 3 is 1.11 bits per heavy atom. The number of ether oxygens (including phenoxy) is 2. The number of aliphatic hydroxyl groups is 2. The van der Waals surface area contributed by atoms with Gasteiger partial charge < -0.3 is 19.7 Å². The molecule has 0 heterocycles. The molecule has 6 nitrogen and oxygen atoms in total. The molecule has 0 aromatic rings. The fraction of sp³-hybridized carbons (Fsp3) is 0.400. The first-order chi connectivity index (χ1) is 8.18. The van der Waals surface area contributed by atoms with Crippen molar-refractivity contribution in [1.29, 1.82) is 0 Å². The SMILES string of the molecule is COC(=O)/C(Br)=C(/C)O.COC(=O)/C(Br)=C(/C)O.[Cu]. The number of allylic oxidation sites excluding steroid dienone is 2. The van der Waals surface area contributed by atoms with E-state index in [2.05, 4.69) is 41.3 Å². The fourth-order valence-electron chi connectivity index (χ4n) is 0.475. The van der Waals surface area contributed by atoms with E-state index in [1.165, 1.54) is 28.1 Å². The monoisotopic (exact) mass is 451 g/mol. The smallest absolute Gasteiger partial charge is 0.348 e. The topological polar surface area (TPSA) is 93.1 Å². The van der Waals surface area contributed by atoms with Crippen LogP contribution in [0.2, 0.25) is 0 Å². The third-order valence-corrected chi connectivity index (χ3v) is 3.16. The quantitative estimate of drug-likeness (QED) is 0.289. The van der Waals surface area contributed by atoms with Gasteiger partial charge in [0.1, 0.15) is 20.5 Å². The van der Waals surface area contributed by atoms with Gasteiger partial charge in [-0.1, -0.05) is 0 Å². The van der Waals surface area contributed by atoms with Gasteiger partial charge in [-0.3, -0.25) is 0 Å². The molecular formula is C10H14Br2CuO6. The predicted octanol–water partition coefficient (Wildman–Crippen LogP) is 2.69. The molecule has 0 fully saturated rings. The summed E-state index contributed by atoms with van der Waals surface area (Å²) in [6.45, 7) is 2.78. The molecule has 0 atom stereocenters. The van der Waals surface area contributed by atoms with Crippen LogP contribution >= 0.6 is 31.9 Å². The van der Waals surface area contributed by atoms with E-state index >= 15 is 0 Å². The standard InChI is InChI=1S/2C5H7BrO3.Cu/c2*1-3(7)4(6)5(8)9-2;/h2*7H,1-2H3;/b2*4-3+;. The molecule has 0 aromatic carbocycles. The number of rotatable bonds is 2. The van der Waals surface area contributed by atoms with E-state index < -0.39 is 11.9 Å². The summed E-state index contributed by atoms with van der Waals surface area (Å²) in [6, 6.07) is 0. The minimum absolute atomic E-state index is 0. The number of esters is 2. The molecule has 0 aliphatic carbocycles. The van der Waals surface area contributed by atoms with Crippen LogP contribution in [0.1, 0.15) is 13.8 Å². The Hall–Kier alpha value is -0.501. The van der Waals surface area contributed by atoms with Crippen LogP contribution in [0, 0.1) is 0 Å². The number of carbonyl (C=O) groups is 2. The van der Waals surface area contributed by atoms with Crippen LogP contribution in [0.3, 0.4) is 0 Å². The van der Waals surface area contributed by atoms with Crippen LogP contribution in [0.4, 0.5) is 0 Å². The third-order valence-electron chi connectivity index (χ3n) is 1.36. The van der Waals surface area contributed by atoms with Gasteiger partial charge in [-0.15, -0.1) is 0 Å². The van der Waals surface area contributed by atoms with Crippen molar-refractivity contribution in [3.8, 4) is 0 Å². The Balaban J connectivity index is -0.000000256. The van der Waals surface area contributed by atoms with Crippen LogP contribution < -0.4 is 0 Å². The third kappa shape index (κ3) is 11.1. The summed E-state index contributed by atoms with van der Waals surface area (Å²) in [5.74, 6) is -1.31. The summed E-state index contributed by atoms with van der Waals surface area (Å²) in [7, 11) is 2.49. The fourth-order valence-corrected chi connectivity index (χ4v) is 0.798. The molecule has 1 radical (unpaired) electrons. The summed E-state index contributed by atoms with van der Waals surface area (Å²) in [4.78, 5) is 20.9. The largest absolute Gasteiger partial charge is 0.511 e. The molecular weight excluding hydrogens is 439 g/mol. The van der Waals surface area contributed by atoms with Crippen molar-refractivity contribution in [2.45, 2.75) is 13.8 Å². The normalized spacial score (nSPS) is 11.7. The molecule has 0 aromatic heterocycles. The van der Waals surface area contributed by atoms with E-state index in [9.17, 15) is 9.59 Å². The zero-order valence-corrected chi connectivity index (χ0v) is 14.7. The number of halogens is 2. The molecule has 0 rings (SSSR count). The minimum Gasteiger partial charge on any atom is -0.511 e. The molecule has 0 spiro atoms. The maximum atomic E-state index is 10.5. The van der Waals surface area contributed by atoms with Gasteiger partial charge in [-0.2, -0.15) is 0 Å². The number of hydrogen-bond acceptors (Lipinski definition) is 6. The van der Waals surface area contributed by atoms with Crippen LogP contribution in [0.5, 0.6) is 0 Å². The van der Waals surface area contributed by atoms with E-state index in [1.807, 2.05) is 0 Å². The number of carbonyl (C=O) groups excluding carboxylic acids is 2. The molecule has 115 valence electrons. The zero-order valence-electron chi connectivity index (χ0n) is 10.6. The molecule has 9 heteroatoms. The van der Waals surface area contributed by atoms with E-state index in [4.69, 9.17) is 10.2 Å². The zero-order chi connectivity index (χ0) is 14.9. The molecule has 2 N–H and O–H groups in total.